The summed E-state index contributed by atoms with van der Waals surface area (Å²) in [6.45, 7) is 2.09. The second kappa shape index (κ2) is 4.54. The number of amides is 1. The Balaban J connectivity index is 2.16. The third-order valence-electron chi connectivity index (χ3n) is 4.12. The number of aryl methyl sites for hydroxylation is 1. The van der Waals surface area contributed by atoms with Gasteiger partial charge in [-0.05, 0) is 35.6 Å². The van der Waals surface area contributed by atoms with Gasteiger partial charge in [-0.25, -0.2) is 0 Å². The van der Waals surface area contributed by atoms with E-state index in [9.17, 15) is 4.79 Å². The number of nitrogens with two attached hydrogens (primary N) is 1. The lowest BCUT2D eigenvalue weighted by molar-refractivity contribution is -0.121. The second-order valence-corrected chi connectivity index (χ2v) is 5.25. The minimum Gasteiger partial charge on any atom is -0.369 e. The Morgan fingerprint density at radius 2 is 1.68 bits per heavy atom. The first-order valence-electron chi connectivity index (χ1n) is 6.61. The maximum absolute atomic E-state index is 11.8. The van der Waals surface area contributed by atoms with Gasteiger partial charge in [0.05, 0.1) is 5.92 Å². The van der Waals surface area contributed by atoms with Crippen LogP contribution in [0.5, 0.6) is 0 Å². The largest absolute Gasteiger partial charge is 0.369 e. The highest BCUT2D eigenvalue weighted by molar-refractivity contribution is 5.80. The van der Waals surface area contributed by atoms with Crippen LogP contribution in [0.1, 0.15) is 28.2 Å². The van der Waals surface area contributed by atoms with Gasteiger partial charge in [0.1, 0.15) is 0 Å². The fourth-order valence-electron chi connectivity index (χ4n) is 3.18. The lowest BCUT2D eigenvalue weighted by Crippen LogP contribution is -2.27. The lowest BCUT2D eigenvalue weighted by Gasteiger charge is -2.20. The normalized spacial score (nSPS) is 21.1. The molecule has 0 fully saturated rings. The van der Waals surface area contributed by atoms with E-state index in [0.717, 1.165) is 6.42 Å². The molecule has 2 heteroatoms. The molecule has 0 radical (unpaired) electrons. The van der Waals surface area contributed by atoms with Crippen LogP contribution in [0.3, 0.4) is 0 Å². The summed E-state index contributed by atoms with van der Waals surface area (Å²) in [5, 5.41) is 0. The minimum absolute atomic E-state index is 0.106. The van der Waals surface area contributed by atoms with E-state index >= 15 is 0 Å². The van der Waals surface area contributed by atoms with Crippen LogP contribution in [0.15, 0.2) is 48.5 Å². The Kier molecular flexibility index (Phi) is 2.86. The van der Waals surface area contributed by atoms with E-state index in [2.05, 4.69) is 31.2 Å². The minimum atomic E-state index is -0.204. The summed E-state index contributed by atoms with van der Waals surface area (Å²) >= 11 is 0. The van der Waals surface area contributed by atoms with Crippen molar-refractivity contribution < 1.29 is 4.79 Å². The van der Waals surface area contributed by atoms with Gasteiger partial charge in [-0.2, -0.15) is 0 Å². The van der Waals surface area contributed by atoms with Gasteiger partial charge in [0.2, 0.25) is 5.91 Å². The lowest BCUT2D eigenvalue weighted by atomic mass is 9.83. The van der Waals surface area contributed by atoms with Gasteiger partial charge < -0.3 is 5.73 Å². The fourth-order valence-corrected chi connectivity index (χ4v) is 3.18. The van der Waals surface area contributed by atoms with Gasteiger partial charge in [0.15, 0.2) is 0 Å². The molecule has 1 aliphatic carbocycles. The number of carbonyl (C=O) groups is 1. The average molecular weight is 251 g/mol. The highest BCUT2D eigenvalue weighted by Gasteiger charge is 2.37. The summed E-state index contributed by atoms with van der Waals surface area (Å²) in [7, 11) is 0. The van der Waals surface area contributed by atoms with Crippen molar-refractivity contribution in [3.63, 3.8) is 0 Å². The van der Waals surface area contributed by atoms with Crippen molar-refractivity contribution >= 4 is 5.91 Å². The van der Waals surface area contributed by atoms with E-state index < -0.39 is 0 Å². The average Bonchev–Trinajstić information content (AvgIpc) is 2.79. The van der Waals surface area contributed by atoms with E-state index in [4.69, 9.17) is 5.73 Å². The van der Waals surface area contributed by atoms with Gasteiger partial charge in [-0.15, -0.1) is 0 Å². The number of hydrogen-bond donors (Lipinski definition) is 1. The zero-order chi connectivity index (χ0) is 13.4. The molecule has 0 spiro atoms. The molecule has 2 aromatic rings. The van der Waals surface area contributed by atoms with E-state index in [0.29, 0.717) is 0 Å². The molecule has 2 N–H and O–H groups in total. The Morgan fingerprint density at radius 3 is 2.37 bits per heavy atom. The van der Waals surface area contributed by atoms with E-state index in [1.54, 1.807) is 0 Å². The topological polar surface area (TPSA) is 43.1 Å². The molecular weight excluding hydrogens is 234 g/mol. The molecule has 0 aromatic heterocycles. The molecule has 0 aliphatic heterocycles. The summed E-state index contributed by atoms with van der Waals surface area (Å²) in [4.78, 5) is 11.8. The molecule has 0 heterocycles. The summed E-state index contributed by atoms with van der Waals surface area (Å²) < 4.78 is 0. The first kappa shape index (κ1) is 12.0. The Morgan fingerprint density at radius 1 is 1.05 bits per heavy atom. The van der Waals surface area contributed by atoms with Crippen LogP contribution in [0, 0.1) is 12.8 Å². The zero-order valence-electron chi connectivity index (χ0n) is 11.0. The first-order valence-corrected chi connectivity index (χ1v) is 6.61. The van der Waals surface area contributed by atoms with Crippen molar-refractivity contribution in [3.8, 4) is 0 Å². The van der Waals surface area contributed by atoms with Crippen molar-refractivity contribution in [2.75, 3.05) is 0 Å². The summed E-state index contributed by atoms with van der Waals surface area (Å²) in [5.74, 6) is -0.224. The quantitative estimate of drug-likeness (QED) is 0.876. The Hall–Kier alpha value is -2.09. The van der Waals surface area contributed by atoms with Crippen LogP contribution in [0.2, 0.25) is 0 Å². The molecular formula is C17H17NO. The Bertz CT molecular complexity index is 633. The van der Waals surface area contributed by atoms with Gasteiger partial charge in [0, 0.05) is 5.92 Å². The van der Waals surface area contributed by atoms with Gasteiger partial charge in [0.25, 0.3) is 0 Å². The third-order valence-corrected chi connectivity index (χ3v) is 4.12. The maximum Gasteiger partial charge on any atom is 0.221 e. The molecule has 19 heavy (non-hydrogen) atoms. The number of carbonyl (C=O) groups excluding carboxylic acids is 1. The molecule has 96 valence electrons. The predicted octanol–water partition coefficient (Wildman–Crippen LogP) is 2.78. The van der Waals surface area contributed by atoms with Crippen LogP contribution in [0.25, 0.3) is 0 Å². The monoisotopic (exact) mass is 251 g/mol. The molecule has 3 rings (SSSR count). The SMILES string of the molecule is Cc1ccccc1C1c2ccccc2CC1C(N)=O. The number of benzene rings is 2. The zero-order valence-corrected chi connectivity index (χ0v) is 11.0. The van der Waals surface area contributed by atoms with Gasteiger partial charge >= 0.3 is 0 Å². The molecule has 2 aromatic carbocycles. The standard InChI is InChI=1S/C17H17NO/c1-11-6-2-4-8-13(11)16-14-9-5-3-7-12(14)10-15(16)17(18)19/h2-9,15-16H,10H2,1H3,(H2,18,19). The molecule has 0 bridgehead atoms. The number of hydrogen-bond acceptors (Lipinski definition) is 1. The van der Waals surface area contributed by atoms with Crippen LogP contribution in [-0.4, -0.2) is 5.91 Å². The molecule has 0 saturated carbocycles. The fraction of sp³-hybridized carbons (Fsp3) is 0.235. The van der Waals surface area contributed by atoms with Crippen molar-refractivity contribution in [2.24, 2.45) is 11.7 Å². The summed E-state index contributed by atoms with van der Waals surface area (Å²) in [6.07, 6.45) is 0.754. The Labute approximate surface area is 113 Å². The molecule has 2 atom stereocenters. The highest BCUT2D eigenvalue weighted by atomic mass is 16.1. The number of fused-ring (bicyclic) bond motifs is 1. The third kappa shape index (κ3) is 1.93. The highest BCUT2D eigenvalue weighted by Crippen LogP contribution is 2.43. The van der Waals surface area contributed by atoms with E-state index in [1.807, 2.05) is 24.3 Å². The smallest absolute Gasteiger partial charge is 0.221 e. The molecule has 0 saturated heterocycles. The van der Waals surface area contributed by atoms with E-state index in [1.165, 1.54) is 22.3 Å². The summed E-state index contributed by atoms with van der Waals surface area (Å²) in [5.41, 5.74) is 10.6. The van der Waals surface area contributed by atoms with Crippen LogP contribution in [-0.2, 0) is 11.2 Å². The first-order chi connectivity index (χ1) is 9.18. The molecule has 2 nitrogen and oxygen atoms in total. The summed E-state index contributed by atoms with van der Waals surface area (Å²) in [6, 6.07) is 16.5. The molecule has 1 amide bonds. The molecule has 1 aliphatic rings. The van der Waals surface area contributed by atoms with Crippen molar-refractivity contribution in [1.82, 2.24) is 0 Å². The second-order valence-electron chi connectivity index (χ2n) is 5.25. The van der Waals surface area contributed by atoms with Crippen LogP contribution >= 0.6 is 0 Å². The van der Waals surface area contributed by atoms with Gasteiger partial charge in [-0.1, -0.05) is 48.5 Å². The maximum atomic E-state index is 11.8. The predicted molar refractivity (Wildman–Crippen MR) is 75.9 cm³/mol. The van der Waals surface area contributed by atoms with Crippen LogP contribution < -0.4 is 5.73 Å². The van der Waals surface area contributed by atoms with Crippen LogP contribution in [0.4, 0.5) is 0 Å². The number of primary amides is 1. The van der Waals surface area contributed by atoms with Crippen molar-refractivity contribution in [2.45, 2.75) is 19.3 Å². The van der Waals surface area contributed by atoms with Crippen molar-refractivity contribution in [1.29, 1.82) is 0 Å². The number of rotatable bonds is 2. The molecule has 2 unspecified atom stereocenters. The van der Waals surface area contributed by atoms with Crippen molar-refractivity contribution in [3.05, 3.63) is 70.8 Å². The van der Waals surface area contributed by atoms with E-state index in [-0.39, 0.29) is 17.7 Å². The van der Waals surface area contributed by atoms with Gasteiger partial charge in [-0.3, -0.25) is 4.79 Å².